The quantitative estimate of drug-likeness (QED) is 0.552. The Labute approximate surface area is 89.3 Å². The van der Waals surface area contributed by atoms with Gasteiger partial charge in [0.1, 0.15) is 0 Å². The first kappa shape index (κ1) is 10.2. The molecule has 0 spiro atoms. The van der Waals surface area contributed by atoms with E-state index in [1.165, 1.54) is 0 Å². The van der Waals surface area contributed by atoms with Gasteiger partial charge in [0.2, 0.25) is 11.5 Å². The Balaban J connectivity index is 1.91. The van der Waals surface area contributed by atoms with Gasteiger partial charge in [-0.15, -0.1) is 0 Å². The first-order chi connectivity index (χ1) is 7.70. The van der Waals surface area contributed by atoms with Crippen molar-refractivity contribution in [3.63, 3.8) is 0 Å². The second kappa shape index (κ2) is 4.03. The molecule has 6 nitrogen and oxygen atoms in total. The monoisotopic (exact) mass is 221 g/mol. The Morgan fingerprint density at radius 2 is 1.69 bits per heavy atom. The second-order valence-electron chi connectivity index (χ2n) is 2.94. The van der Waals surface area contributed by atoms with E-state index in [-0.39, 0.29) is 0 Å². The van der Waals surface area contributed by atoms with Crippen molar-refractivity contribution in [3.8, 4) is 17.2 Å². The Kier molecular flexibility index (Phi) is 2.57. The maximum absolute atomic E-state index is 10.8. The molecule has 82 valence electrons. The molecule has 2 aromatic carbocycles. The van der Waals surface area contributed by atoms with Crippen LogP contribution < -0.4 is 26.2 Å². The van der Waals surface area contributed by atoms with Gasteiger partial charge in [0, 0.05) is 5.64 Å². The summed E-state index contributed by atoms with van der Waals surface area (Å²) in [5, 5.41) is 8.93. The minimum Gasteiger partial charge on any atom is -0.501 e. The summed E-state index contributed by atoms with van der Waals surface area (Å²) in [6.45, 7) is 0. The molecule has 0 unspecified atom stereocenters. The second-order valence-corrected chi connectivity index (χ2v) is 2.94. The molecule has 0 aliphatic carbocycles. The molecular weight excluding hydrogens is 214 g/mol. The summed E-state index contributed by atoms with van der Waals surface area (Å²) in [6.07, 6.45) is 0. The molecule has 6 heteroatoms. The summed E-state index contributed by atoms with van der Waals surface area (Å²) in [5.41, 5.74) is 0.145. The molecule has 0 aliphatic rings. The van der Waals surface area contributed by atoms with Crippen molar-refractivity contribution in [2.24, 2.45) is 0 Å². The number of hydrogen-bond acceptors (Lipinski definition) is 6. The Bertz CT molecular complexity index is 556. The Morgan fingerprint density at radius 1 is 1.00 bits per heavy atom. The lowest BCUT2D eigenvalue weighted by atomic mass is 10.2. The van der Waals surface area contributed by atoms with Crippen LogP contribution in [0.2, 0.25) is 0 Å². The first-order valence-corrected chi connectivity index (χ1v) is 4.36. The van der Waals surface area contributed by atoms with Crippen molar-refractivity contribution in [2.75, 3.05) is 0 Å². The summed E-state index contributed by atoms with van der Waals surface area (Å²) in [4.78, 5) is 30.9. The number of benzene rings is 1. The van der Waals surface area contributed by atoms with Gasteiger partial charge in [0.05, 0.1) is 0 Å². The van der Waals surface area contributed by atoms with Gasteiger partial charge in [-0.25, -0.2) is 0 Å². The fourth-order valence-electron chi connectivity index (χ4n) is 1.05. The molecule has 2 N–H and O–H groups in total. The van der Waals surface area contributed by atoms with Crippen LogP contribution in [-0.4, -0.2) is 5.11 Å². The van der Waals surface area contributed by atoms with Crippen molar-refractivity contribution in [1.82, 2.24) is 5.64 Å². The van der Waals surface area contributed by atoms with Crippen LogP contribution in [0.1, 0.15) is 0 Å². The lowest BCUT2D eigenvalue weighted by Crippen LogP contribution is -2.36. The highest BCUT2D eigenvalue weighted by molar-refractivity contribution is 5.44. The minimum absolute atomic E-state index is 0.444. The van der Waals surface area contributed by atoms with Crippen molar-refractivity contribution >= 4 is 0 Å². The Morgan fingerprint density at radius 3 is 2.31 bits per heavy atom. The lowest BCUT2D eigenvalue weighted by molar-refractivity contribution is -0.0230. The van der Waals surface area contributed by atoms with E-state index in [1.807, 2.05) is 5.64 Å². The summed E-state index contributed by atoms with van der Waals surface area (Å²) < 4.78 is 0. The van der Waals surface area contributed by atoms with Crippen LogP contribution in [0.5, 0.6) is 17.2 Å². The number of nitrogens with one attached hydrogen (secondary N) is 1. The van der Waals surface area contributed by atoms with Gasteiger partial charge >= 0.3 is 0 Å². The smallest absolute Gasteiger partial charge is 0.278 e. The summed E-state index contributed by atoms with van der Waals surface area (Å²) >= 11 is 0. The Hall–Kier alpha value is -2.34. The van der Waals surface area contributed by atoms with Crippen LogP contribution in [0, 0.1) is 0 Å². The fraction of sp³-hybridized carbons (Fsp3) is 0. The molecule has 0 bridgehead atoms. The van der Waals surface area contributed by atoms with Gasteiger partial charge in [-0.05, 0) is 12.1 Å². The first-order valence-electron chi connectivity index (χ1n) is 4.36. The lowest BCUT2D eigenvalue weighted by Gasteiger charge is -2.08. The van der Waals surface area contributed by atoms with E-state index in [0.717, 1.165) is 0 Å². The topological polar surface area (TPSA) is 84.9 Å². The maximum Gasteiger partial charge on any atom is 0.278 e. The number of para-hydroxylation sites is 1. The molecule has 0 saturated carbocycles. The molecule has 0 fully saturated rings. The molecule has 0 heterocycles. The van der Waals surface area contributed by atoms with Gasteiger partial charge in [-0.1, -0.05) is 18.2 Å². The third kappa shape index (κ3) is 1.73. The van der Waals surface area contributed by atoms with E-state index >= 15 is 0 Å². The maximum atomic E-state index is 10.8. The summed E-state index contributed by atoms with van der Waals surface area (Å²) in [5.74, 6) is -0.684. The third-order valence-electron chi connectivity index (χ3n) is 1.89. The highest BCUT2D eigenvalue weighted by Gasteiger charge is 2.22. The zero-order valence-corrected chi connectivity index (χ0v) is 7.97. The van der Waals surface area contributed by atoms with Crippen molar-refractivity contribution in [3.05, 3.63) is 50.8 Å². The molecule has 2 rings (SSSR count). The van der Waals surface area contributed by atoms with Crippen molar-refractivity contribution in [2.45, 2.75) is 0 Å². The van der Waals surface area contributed by atoms with Gasteiger partial charge in [0.25, 0.3) is 10.9 Å². The van der Waals surface area contributed by atoms with Gasteiger partial charge < -0.3 is 14.8 Å². The minimum atomic E-state index is -0.962. The molecular formula is C10H7NO5. The van der Waals surface area contributed by atoms with Crippen LogP contribution in [-0.2, 0) is 0 Å². The van der Waals surface area contributed by atoms with Gasteiger partial charge in [-0.3, -0.25) is 9.59 Å². The van der Waals surface area contributed by atoms with Crippen LogP contribution in [0.3, 0.4) is 0 Å². The highest BCUT2D eigenvalue weighted by atomic mass is 16.9. The molecule has 16 heavy (non-hydrogen) atoms. The zero-order chi connectivity index (χ0) is 11.5. The van der Waals surface area contributed by atoms with Crippen LogP contribution >= 0.6 is 0 Å². The van der Waals surface area contributed by atoms with E-state index in [2.05, 4.69) is 4.84 Å². The fourth-order valence-corrected chi connectivity index (χ4v) is 1.05. The van der Waals surface area contributed by atoms with Crippen LogP contribution in [0.25, 0.3) is 0 Å². The molecule has 0 saturated heterocycles. The molecule has 2 aromatic rings. The van der Waals surface area contributed by atoms with Crippen LogP contribution in [0.4, 0.5) is 0 Å². The highest BCUT2D eigenvalue weighted by Crippen LogP contribution is 2.16. The third-order valence-corrected chi connectivity index (χ3v) is 1.89. The average molecular weight is 221 g/mol. The van der Waals surface area contributed by atoms with E-state index < -0.39 is 22.4 Å². The van der Waals surface area contributed by atoms with Crippen molar-refractivity contribution < 1.29 is 14.8 Å². The van der Waals surface area contributed by atoms with Crippen LogP contribution in [0.15, 0.2) is 39.9 Å². The molecule has 0 atom stereocenters. The number of hydrogen-bond donors (Lipinski definition) is 2. The zero-order valence-electron chi connectivity index (χ0n) is 7.97. The summed E-state index contributed by atoms with van der Waals surface area (Å²) in [7, 11) is 0. The van der Waals surface area contributed by atoms with E-state index in [4.69, 9.17) is 9.94 Å². The molecule has 0 radical (unpaired) electrons. The SMILES string of the molecule is O=c1c(O)c(ONOc2ccccc2)c1=O. The predicted octanol–water partition coefficient (Wildman–Crippen LogP) is -0.134. The van der Waals surface area contributed by atoms with Crippen molar-refractivity contribution in [1.29, 1.82) is 0 Å². The molecule has 0 amide bonds. The van der Waals surface area contributed by atoms with E-state index in [0.29, 0.717) is 5.75 Å². The van der Waals surface area contributed by atoms with Gasteiger partial charge in [0.15, 0.2) is 5.75 Å². The number of aromatic hydroxyl groups is 1. The van der Waals surface area contributed by atoms with E-state index in [9.17, 15) is 9.59 Å². The van der Waals surface area contributed by atoms with E-state index in [1.54, 1.807) is 30.3 Å². The summed E-state index contributed by atoms with van der Waals surface area (Å²) in [6, 6.07) is 8.59. The van der Waals surface area contributed by atoms with Gasteiger partial charge in [-0.2, -0.15) is 0 Å². The normalized spacial score (nSPS) is 10.2. The standard InChI is InChI=1S/C10H7NO5/c12-7-8(13)10(9(7)14)16-11-15-6-4-2-1-3-5-6/h1-5,11,13H. The molecule has 0 aromatic heterocycles. The molecule has 0 aliphatic heterocycles. The number of rotatable bonds is 4. The predicted molar refractivity (Wildman–Crippen MR) is 53.9 cm³/mol. The average Bonchev–Trinajstić information content (AvgIpc) is 2.34. The largest absolute Gasteiger partial charge is 0.501 e.